The second-order valence-corrected chi connectivity index (χ2v) is 8.96. The van der Waals surface area contributed by atoms with Gasteiger partial charge in [0.2, 0.25) is 0 Å². The number of pyridine rings is 1. The average molecular weight is 461 g/mol. The molecule has 0 amide bonds. The fourth-order valence-electron chi connectivity index (χ4n) is 3.92. The summed E-state index contributed by atoms with van der Waals surface area (Å²) in [6, 6.07) is 16.0. The van der Waals surface area contributed by atoms with Gasteiger partial charge in [-0.15, -0.1) is 0 Å². The van der Waals surface area contributed by atoms with Crippen LogP contribution in [0.4, 0.5) is 4.39 Å². The van der Waals surface area contributed by atoms with Gasteiger partial charge in [0.25, 0.3) is 0 Å². The molecule has 6 nitrogen and oxygen atoms in total. The van der Waals surface area contributed by atoms with Crippen molar-refractivity contribution in [2.45, 2.75) is 32.9 Å². The molecular weight excluding hydrogens is 437 g/mol. The lowest BCUT2D eigenvalue weighted by molar-refractivity contribution is -0.155. The zero-order valence-electron chi connectivity index (χ0n) is 19.3. The van der Waals surface area contributed by atoms with E-state index in [-0.39, 0.29) is 17.4 Å². The Morgan fingerprint density at radius 1 is 0.882 bits per heavy atom. The number of esters is 2. The van der Waals surface area contributed by atoms with Crippen molar-refractivity contribution < 1.29 is 23.5 Å². The van der Waals surface area contributed by atoms with Gasteiger partial charge in [-0.1, -0.05) is 18.2 Å². The van der Waals surface area contributed by atoms with E-state index in [4.69, 9.17) is 9.47 Å². The van der Waals surface area contributed by atoms with Crippen LogP contribution in [0.1, 0.15) is 31.1 Å². The molecule has 0 radical (unpaired) electrons. The normalized spacial score (nSPS) is 11.6. The highest BCUT2D eigenvalue weighted by Crippen LogP contribution is 2.27. The summed E-state index contributed by atoms with van der Waals surface area (Å²) < 4.78 is 25.9. The minimum atomic E-state index is -0.680. The van der Waals surface area contributed by atoms with Gasteiger partial charge in [0.1, 0.15) is 18.0 Å². The highest BCUT2D eigenvalue weighted by molar-refractivity contribution is 5.96. The van der Waals surface area contributed by atoms with Crippen molar-refractivity contribution in [2.75, 3.05) is 7.11 Å². The van der Waals surface area contributed by atoms with Crippen LogP contribution in [0.5, 0.6) is 0 Å². The third-order valence-corrected chi connectivity index (χ3v) is 5.37. The van der Waals surface area contributed by atoms with E-state index in [0.717, 1.165) is 11.1 Å². The van der Waals surface area contributed by atoms with E-state index in [2.05, 4.69) is 0 Å². The number of fused-ring (bicyclic) bond motifs is 2. The lowest BCUT2D eigenvalue weighted by atomic mass is 10.0. The van der Waals surface area contributed by atoms with Crippen molar-refractivity contribution in [3.63, 3.8) is 0 Å². The first-order valence-corrected chi connectivity index (χ1v) is 10.7. The number of hydrogen-bond acceptors (Lipinski definition) is 5. The Hall–Kier alpha value is -4.00. The topological polar surface area (TPSA) is 74.6 Å². The molecule has 1 heterocycles. The number of carbonyl (C=O) groups is 2. The number of rotatable bonds is 4. The molecule has 34 heavy (non-hydrogen) atoms. The number of benzene rings is 3. The molecule has 0 saturated carbocycles. The fourth-order valence-corrected chi connectivity index (χ4v) is 3.92. The largest absolute Gasteiger partial charge is 0.465 e. The molecule has 0 atom stereocenters. The van der Waals surface area contributed by atoms with E-state index in [9.17, 15) is 18.8 Å². The third-order valence-electron chi connectivity index (χ3n) is 5.37. The molecule has 0 spiro atoms. The van der Waals surface area contributed by atoms with E-state index < -0.39 is 23.4 Å². The molecule has 0 fully saturated rings. The van der Waals surface area contributed by atoms with Gasteiger partial charge < -0.3 is 14.0 Å². The van der Waals surface area contributed by atoms with Crippen LogP contribution < -0.4 is 5.43 Å². The maximum Gasteiger partial charge on any atom is 0.337 e. The van der Waals surface area contributed by atoms with Crippen LogP contribution in [0.25, 0.3) is 32.9 Å². The number of ether oxygens (including phenoxy) is 2. The highest BCUT2D eigenvalue weighted by Gasteiger charge is 2.20. The van der Waals surface area contributed by atoms with Crippen molar-refractivity contribution in [1.29, 1.82) is 0 Å². The van der Waals surface area contributed by atoms with Crippen molar-refractivity contribution in [1.82, 2.24) is 4.57 Å². The Labute approximate surface area is 195 Å². The summed E-state index contributed by atoms with van der Waals surface area (Å²) in [5, 5.41) is 0.544. The molecule has 7 heteroatoms. The van der Waals surface area contributed by atoms with Crippen molar-refractivity contribution >= 4 is 33.7 Å². The van der Waals surface area contributed by atoms with E-state index in [1.54, 1.807) is 67.8 Å². The lowest BCUT2D eigenvalue weighted by Crippen LogP contribution is -2.27. The highest BCUT2D eigenvalue weighted by atomic mass is 19.1. The first-order valence-electron chi connectivity index (χ1n) is 10.7. The van der Waals surface area contributed by atoms with Crippen molar-refractivity contribution in [2.24, 2.45) is 0 Å². The molecule has 0 bridgehead atoms. The van der Waals surface area contributed by atoms with E-state index in [1.165, 1.54) is 25.3 Å². The first-order chi connectivity index (χ1) is 16.1. The molecule has 0 aliphatic carbocycles. The molecule has 4 rings (SSSR count). The number of nitrogens with zero attached hydrogens (tertiary/aromatic N) is 1. The minimum absolute atomic E-state index is 0.152. The Morgan fingerprint density at radius 3 is 2.21 bits per heavy atom. The van der Waals surface area contributed by atoms with Crippen LogP contribution in [0.3, 0.4) is 0 Å². The summed E-state index contributed by atoms with van der Waals surface area (Å²) in [5.74, 6) is -1.44. The summed E-state index contributed by atoms with van der Waals surface area (Å²) in [4.78, 5) is 37.6. The van der Waals surface area contributed by atoms with Crippen LogP contribution in [-0.4, -0.2) is 29.2 Å². The lowest BCUT2D eigenvalue weighted by Gasteiger charge is -2.21. The predicted molar refractivity (Wildman–Crippen MR) is 128 cm³/mol. The van der Waals surface area contributed by atoms with E-state index in [1.807, 2.05) is 0 Å². The van der Waals surface area contributed by atoms with Crippen LogP contribution in [0.15, 0.2) is 65.5 Å². The maximum atomic E-state index is 14.0. The quantitative estimate of drug-likeness (QED) is 0.313. The Morgan fingerprint density at radius 2 is 1.56 bits per heavy atom. The smallest absolute Gasteiger partial charge is 0.337 e. The van der Waals surface area contributed by atoms with Crippen LogP contribution in [0.2, 0.25) is 0 Å². The van der Waals surface area contributed by atoms with Gasteiger partial charge in [-0.05, 0) is 74.4 Å². The third kappa shape index (κ3) is 4.55. The summed E-state index contributed by atoms with van der Waals surface area (Å²) in [6.45, 7) is 5.18. The summed E-state index contributed by atoms with van der Waals surface area (Å²) in [6.07, 6.45) is 0. The Bertz CT molecular complexity index is 1480. The van der Waals surface area contributed by atoms with E-state index in [0.29, 0.717) is 22.0 Å². The number of halogens is 1. The van der Waals surface area contributed by atoms with Gasteiger partial charge in [0.05, 0.1) is 23.7 Å². The van der Waals surface area contributed by atoms with Gasteiger partial charge in [-0.3, -0.25) is 9.59 Å². The predicted octanol–water partition coefficient (Wildman–Crippen LogP) is 5.09. The Kier molecular flexibility index (Phi) is 5.96. The summed E-state index contributed by atoms with van der Waals surface area (Å²) in [5.41, 5.74) is 1.96. The van der Waals surface area contributed by atoms with Crippen LogP contribution in [0, 0.1) is 5.82 Å². The minimum Gasteiger partial charge on any atom is -0.465 e. The standard InChI is InChI=1S/C27H24FNO5/c1-27(2,3)34-24(30)15-29-22-12-10-19(28)14-21(22)25(31)20-11-9-18(13-23(20)29)16-5-7-17(8-6-16)26(32)33-4/h5-14H,15H2,1-4H3. The molecule has 174 valence electrons. The van der Waals surface area contributed by atoms with Gasteiger partial charge in [-0.2, -0.15) is 0 Å². The molecule has 0 N–H and O–H groups in total. The number of carbonyl (C=O) groups excluding carboxylic acids is 2. The average Bonchev–Trinajstić information content (AvgIpc) is 2.80. The molecule has 0 unspecified atom stereocenters. The zero-order valence-corrected chi connectivity index (χ0v) is 19.3. The Balaban J connectivity index is 1.91. The summed E-state index contributed by atoms with van der Waals surface area (Å²) in [7, 11) is 1.32. The first kappa shape index (κ1) is 23.2. The second kappa shape index (κ2) is 8.74. The SMILES string of the molecule is COC(=O)c1ccc(-c2ccc3c(=O)c4cc(F)ccc4n(CC(=O)OC(C)(C)C)c3c2)cc1. The maximum absolute atomic E-state index is 14.0. The van der Waals surface area contributed by atoms with Gasteiger partial charge in [0.15, 0.2) is 5.43 Å². The monoisotopic (exact) mass is 461 g/mol. The number of aromatic nitrogens is 1. The number of hydrogen-bond donors (Lipinski definition) is 0. The number of methoxy groups -OCH3 is 1. The van der Waals surface area contributed by atoms with Gasteiger partial charge in [-0.25, -0.2) is 9.18 Å². The van der Waals surface area contributed by atoms with Crippen molar-refractivity contribution in [3.8, 4) is 11.1 Å². The molecule has 4 aromatic rings. The van der Waals surface area contributed by atoms with Crippen LogP contribution >= 0.6 is 0 Å². The second-order valence-electron chi connectivity index (χ2n) is 8.96. The van der Waals surface area contributed by atoms with Gasteiger partial charge >= 0.3 is 11.9 Å². The summed E-state index contributed by atoms with van der Waals surface area (Å²) >= 11 is 0. The van der Waals surface area contributed by atoms with Crippen LogP contribution in [-0.2, 0) is 20.8 Å². The van der Waals surface area contributed by atoms with E-state index >= 15 is 0 Å². The molecule has 0 aliphatic rings. The molecule has 0 saturated heterocycles. The molecule has 1 aromatic heterocycles. The van der Waals surface area contributed by atoms with Gasteiger partial charge in [0, 0.05) is 10.8 Å². The molecule has 0 aliphatic heterocycles. The molecular formula is C27H24FNO5. The van der Waals surface area contributed by atoms with Crippen molar-refractivity contribution in [3.05, 3.63) is 82.3 Å². The fraction of sp³-hybridized carbons (Fsp3) is 0.222. The zero-order chi connectivity index (χ0) is 24.6. The molecule has 3 aromatic carbocycles.